The van der Waals surface area contributed by atoms with Crippen molar-refractivity contribution < 1.29 is 29.0 Å². The Morgan fingerprint density at radius 2 is 1.34 bits per heavy atom. The van der Waals surface area contributed by atoms with Gasteiger partial charge in [-0.15, -0.1) is 0 Å². The van der Waals surface area contributed by atoms with Crippen LogP contribution in [0, 0.1) is 5.92 Å². The minimum absolute atomic E-state index is 0.0451. The van der Waals surface area contributed by atoms with Crippen molar-refractivity contribution >= 4 is 23.9 Å². The zero-order valence-electron chi connectivity index (χ0n) is 22.9. The number of carboxylic acid groups (broad SMARTS) is 1. The van der Waals surface area contributed by atoms with E-state index in [1.807, 2.05) is 50.2 Å². The molecule has 0 heterocycles. The number of nitrogens with zero attached hydrogens (tertiary/aromatic N) is 3. The monoisotopic (exact) mass is 523 g/mol. The maximum absolute atomic E-state index is 13.6. The molecule has 0 saturated heterocycles. The Bertz CT molecular complexity index is 1150. The molecule has 1 N–H and O–H groups in total. The predicted octanol–water partition coefficient (Wildman–Crippen LogP) is 3.67. The highest BCUT2D eigenvalue weighted by Crippen LogP contribution is 2.44. The molecule has 0 spiro atoms. The molecule has 9 nitrogen and oxygen atoms in total. The molecule has 38 heavy (non-hydrogen) atoms. The van der Waals surface area contributed by atoms with Gasteiger partial charge in [-0.25, -0.2) is 4.79 Å². The van der Waals surface area contributed by atoms with E-state index in [0.717, 1.165) is 27.2 Å². The van der Waals surface area contributed by atoms with Gasteiger partial charge in [0.05, 0.1) is 6.42 Å². The van der Waals surface area contributed by atoms with E-state index in [9.17, 15) is 24.3 Å². The van der Waals surface area contributed by atoms with Gasteiger partial charge in [0.1, 0.15) is 18.7 Å². The molecule has 0 aromatic heterocycles. The molecule has 2 atom stereocenters. The summed E-state index contributed by atoms with van der Waals surface area (Å²) >= 11 is 0. The fourth-order valence-corrected chi connectivity index (χ4v) is 4.94. The van der Waals surface area contributed by atoms with E-state index in [0.29, 0.717) is 6.42 Å². The summed E-state index contributed by atoms with van der Waals surface area (Å²) in [6.45, 7) is 3.95. The summed E-state index contributed by atoms with van der Waals surface area (Å²) in [6.07, 6.45) is -0.879. The van der Waals surface area contributed by atoms with E-state index < -0.39 is 42.4 Å². The van der Waals surface area contributed by atoms with Crippen LogP contribution >= 0.6 is 0 Å². The molecule has 2 aromatic rings. The number of benzene rings is 2. The second-order valence-corrected chi connectivity index (χ2v) is 10.4. The van der Waals surface area contributed by atoms with Crippen molar-refractivity contribution in [3.05, 3.63) is 59.7 Å². The molecule has 3 rings (SSSR count). The van der Waals surface area contributed by atoms with Gasteiger partial charge in [0.2, 0.25) is 11.8 Å². The van der Waals surface area contributed by atoms with Gasteiger partial charge in [0, 0.05) is 34.1 Å². The van der Waals surface area contributed by atoms with Crippen molar-refractivity contribution in [2.75, 3.05) is 34.8 Å². The van der Waals surface area contributed by atoms with Crippen LogP contribution in [0.5, 0.6) is 0 Å². The average Bonchev–Trinajstić information content (AvgIpc) is 3.20. The highest BCUT2D eigenvalue weighted by Gasteiger charge is 2.38. The van der Waals surface area contributed by atoms with E-state index in [2.05, 4.69) is 12.1 Å². The normalized spacial score (nSPS) is 13.8. The van der Waals surface area contributed by atoms with Crippen LogP contribution in [0.25, 0.3) is 11.1 Å². The summed E-state index contributed by atoms with van der Waals surface area (Å²) < 4.78 is 5.75. The fraction of sp³-hybridized carbons (Fsp3) is 0.448. The predicted molar refractivity (Wildman–Crippen MR) is 144 cm³/mol. The summed E-state index contributed by atoms with van der Waals surface area (Å²) in [5.41, 5.74) is 4.39. The van der Waals surface area contributed by atoms with Crippen molar-refractivity contribution in [1.29, 1.82) is 0 Å². The maximum Gasteiger partial charge on any atom is 0.410 e. The molecule has 0 fully saturated rings. The fourth-order valence-electron chi connectivity index (χ4n) is 4.94. The smallest absolute Gasteiger partial charge is 0.410 e. The first kappa shape index (κ1) is 28.7. The second-order valence-electron chi connectivity index (χ2n) is 10.4. The molecule has 0 bridgehead atoms. The lowest BCUT2D eigenvalue weighted by Gasteiger charge is -2.35. The lowest BCUT2D eigenvalue weighted by molar-refractivity contribution is -0.150. The zero-order chi connectivity index (χ0) is 28.1. The number of carbonyl (C=O) groups excluding carboxylic acids is 3. The Morgan fingerprint density at radius 1 is 0.816 bits per heavy atom. The molecule has 1 aliphatic rings. The van der Waals surface area contributed by atoms with E-state index in [1.165, 1.54) is 38.0 Å². The number of rotatable bonds is 10. The van der Waals surface area contributed by atoms with Crippen LogP contribution in [-0.4, -0.2) is 90.6 Å². The molecule has 3 amide bonds. The molecular formula is C29H37N3O6. The van der Waals surface area contributed by atoms with E-state index in [-0.39, 0.29) is 18.4 Å². The van der Waals surface area contributed by atoms with Gasteiger partial charge in [-0.3, -0.25) is 19.3 Å². The molecule has 204 valence electrons. The largest absolute Gasteiger partial charge is 0.481 e. The Morgan fingerprint density at radius 3 is 1.82 bits per heavy atom. The van der Waals surface area contributed by atoms with Crippen molar-refractivity contribution in [3.63, 3.8) is 0 Å². The van der Waals surface area contributed by atoms with Crippen LogP contribution in [-0.2, 0) is 19.1 Å². The van der Waals surface area contributed by atoms with Gasteiger partial charge in [-0.1, -0.05) is 62.4 Å². The summed E-state index contributed by atoms with van der Waals surface area (Å²) in [5, 5.41) is 9.35. The summed E-state index contributed by atoms with van der Waals surface area (Å²) in [6, 6.07) is 13.9. The Kier molecular flexibility index (Phi) is 9.14. The van der Waals surface area contributed by atoms with Gasteiger partial charge >= 0.3 is 12.1 Å². The number of ether oxygens (including phenoxy) is 1. The molecular weight excluding hydrogens is 486 g/mol. The molecule has 0 saturated carbocycles. The SMILES string of the molecule is CC(C)CC(C(=O)N(C)C(CC(=O)O)C(=O)N(C)C)N(C)C(=O)OCC1c2ccccc2-c2ccccc21. The van der Waals surface area contributed by atoms with Crippen LogP contribution in [0.15, 0.2) is 48.5 Å². The molecule has 2 aromatic carbocycles. The number of amides is 3. The first-order valence-electron chi connectivity index (χ1n) is 12.7. The second kappa shape index (κ2) is 12.1. The van der Waals surface area contributed by atoms with Crippen molar-refractivity contribution in [2.24, 2.45) is 5.92 Å². The van der Waals surface area contributed by atoms with E-state index in [1.54, 1.807) is 0 Å². The van der Waals surface area contributed by atoms with Gasteiger partial charge in [0.25, 0.3) is 0 Å². The van der Waals surface area contributed by atoms with Crippen LogP contribution in [0.2, 0.25) is 0 Å². The van der Waals surface area contributed by atoms with Crippen LogP contribution in [0.1, 0.15) is 43.7 Å². The number of likely N-dealkylation sites (N-methyl/N-ethyl adjacent to an activating group) is 3. The van der Waals surface area contributed by atoms with Crippen molar-refractivity contribution in [1.82, 2.24) is 14.7 Å². The van der Waals surface area contributed by atoms with Crippen LogP contribution < -0.4 is 0 Å². The van der Waals surface area contributed by atoms with Gasteiger partial charge < -0.3 is 19.6 Å². The maximum atomic E-state index is 13.6. The molecule has 2 unspecified atom stereocenters. The zero-order valence-corrected chi connectivity index (χ0v) is 22.9. The lowest BCUT2D eigenvalue weighted by Crippen LogP contribution is -2.55. The Balaban J connectivity index is 1.79. The molecule has 1 aliphatic carbocycles. The van der Waals surface area contributed by atoms with Crippen molar-refractivity contribution in [3.8, 4) is 11.1 Å². The van der Waals surface area contributed by atoms with Gasteiger partial charge in [0.15, 0.2) is 0 Å². The quantitative estimate of drug-likeness (QED) is 0.509. The van der Waals surface area contributed by atoms with Crippen molar-refractivity contribution in [2.45, 2.75) is 44.7 Å². The standard InChI is InChI=1S/C29H37N3O6/c1-18(2)15-24(28(36)31(5)25(16-26(33)34)27(35)30(3)4)32(6)29(37)38-17-23-21-13-9-7-11-19(21)20-12-8-10-14-22(20)23/h7-14,18,23-25H,15-17H2,1-6H3,(H,33,34). The van der Waals surface area contributed by atoms with Crippen LogP contribution in [0.4, 0.5) is 4.79 Å². The number of hydrogen-bond donors (Lipinski definition) is 1. The highest BCUT2D eigenvalue weighted by molar-refractivity contribution is 5.93. The molecule has 0 radical (unpaired) electrons. The van der Waals surface area contributed by atoms with E-state index >= 15 is 0 Å². The first-order valence-corrected chi connectivity index (χ1v) is 12.7. The van der Waals surface area contributed by atoms with Crippen LogP contribution in [0.3, 0.4) is 0 Å². The highest BCUT2D eigenvalue weighted by atomic mass is 16.6. The summed E-state index contributed by atoms with van der Waals surface area (Å²) in [5.74, 6) is -2.30. The number of aliphatic carboxylic acids is 1. The average molecular weight is 524 g/mol. The third-order valence-electron chi connectivity index (χ3n) is 6.98. The Labute approximate surface area is 224 Å². The Hall–Kier alpha value is -3.88. The summed E-state index contributed by atoms with van der Waals surface area (Å²) in [4.78, 5) is 54.6. The number of carbonyl (C=O) groups is 4. The number of carboxylic acids is 1. The third kappa shape index (κ3) is 6.15. The number of hydrogen-bond acceptors (Lipinski definition) is 5. The minimum atomic E-state index is -1.20. The summed E-state index contributed by atoms with van der Waals surface area (Å²) in [7, 11) is 5.90. The van der Waals surface area contributed by atoms with Gasteiger partial charge in [-0.05, 0) is 34.6 Å². The third-order valence-corrected chi connectivity index (χ3v) is 6.98. The number of fused-ring (bicyclic) bond motifs is 3. The lowest BCUT2D eigenvalue weighted by atomic mass is 9.98. The topological polar surface area (TPSA) is 107 Å². The van der Waals surface area contributed by atoms with Gasteiger partial charge in [-0.2, -0.15) is 0 Å². The van der Waals surface area contributed by atoms with E-state index in [4.69, 9.17) is 4.74 Å². The first-order chi connectivity index (χ1) is 17.9. The minimum Gasteiger partial charge on any atom is -0.481 e. The molecule has 0 aliphatic heterocycles. The molecule has 9 heteroatoms.